The number of hydrogen-bond acceptors (Lipinski definition) is 8. The summed E-state index contributed by atoms with van der Waals surface area (Å²) in [4.78, 5) is 31.9. The molecule has 4 atom stereocenters. The van der Waals surface area contributed by atoms with E-state index in [1.807, 2.05) is 4.90 Å². The molecule has 3 saturated heterocycles. The molecule has 5 rings (SSSR count). The first-order valence-electron chi connectivity index (χ1n) is 12.3. The summed E-state index contributed by atoms with van der Waals surface area (Å²) in [6.45, 7) is 3.90. The van der Waals surface area contributed by atoms with Crippen molar-refractivity contribution in [3.05, 3.63) is 18.2 Å². The number of piperazine rings is 1. The average Bonchev–Trinajstić information content (AvgIpc) is 3.30. The van der Waals surface area contributed by atoms with Gasteiger partial charge in [-0.3, -0.25) is 4.79 Å². The normalized spacial score (nSPS) is 29.2. The highest BCUT2D eigenvalue weighted by Crippen LogP contribution is 2.35. The SMILES string of the molecule is CN1CCN(C(=O)C[C@@H]2CC[C@H]3[C@@H](COC[C@H](O)CN3C(=O)Nc3ccc4c(c3)OCO4)O2)CC1. The maximum Gasteiger partial charge on any atom is 0.322 e. The maximum atomic E-state index is 13.3. The van der Waals surface area contributed by atoms with E-state index in [0.29, 0.717) is 36.4 Å². The minimum Gasteiger partial charge on any atom is -0.454 e. The van der Waals surface area contributed by atoms with E-state index in [9.17, 15) is 14.7 Å². The number of benzene rings is 1. The van der Waals surface area contributed by atoms with Crippen LogP contribution in [0.5, 0.6) is 11.5 Å². The van der Waals surface area contributed by atoms with E-state index >= 15 is 0 Å². The van der Waals surface area contributed by atoms with Gasteiger partial charge in [0.05, 0.1) is 44.4 Å². The van der Waals surface area contributed by atoms with Gasteiger partial charge >= 0.3 is 6.03 Å². The van der Waals surface area contributed by atoms with E-state index in [2.05, 4.69) is 17.3 Å². The molecule has 0 unspecified atom stereocenters. The van der Waals surface area contributed by atoms with Gasteiger partial charge in [0.15, 0.2) is 11.5 Å². The Morgan fingerprint density at radius 3 is 2.71 bits per heavy atom. The zero-order chi connectivity index (χ0) is 24.4. The van der Waals surface area contributed by atoms with Gasteiger partial charge in [0, 0.05) is 37.9 Å². The van der Waals surface area contributed by atoms with E-state index in [0.717, 1.165) is 26.2 Å². The lowest BCUT2D eigenvalue weighted by Crippen LogP contribution is -2.58. The molecule has 1 aromatic carbocycles. The van der Waals surface area contributed by atoms with Crippen molar-refractivity contribution >= 4 is 17.6 Å². The number of likely N-dealkylation sites (N-methyl/N-ethyl adjacent to an activating group) is 1. The fourth-order valence-electron chi connectivity index (χ4n) is 5.12. The van der Waals surface area contributed by atoms with E-state index in [-0.39, 0.29) is 56.7 Å². The number of β-amino-alcohol motifs (C(OH)–C–C–N with tert-alkyl or cyclic N) is 1. The third kappa shape index (κ3) is 5.64. The molecule has 2 N–H and O–H groups in total. The summed E-state index contributed by atoms with van der Waals surface area (Å²) < 4.78 is 22.7. The van der Waals surface area contributed by atoms with Crippen LogP contribution >= 0.6 is 0 Å². The van der Waals surface area contributed by atoms with E-state index in [1.54, 1.807) is 23.1 Å². The number of nitrogens with zero attached hydrogens (tertiary/aromatic N) is 3. The molecule has 11 nitrogen and oxygen atoms in total. The van der Waals surface area contributed by atoms with Crippen LogP contribution in [0.15, 0.2) is 18.2 Å². The minimum absolute atomic E-state index is 0.112. The summed E-state index contributed by atoms with van der Waals surface area (Å²) in [6, 6.07) is 4.63. The summed E-state index contributed by atoms with van der Waals surface area (Å²) in [5.41, 5.74) is 0.580. The predicted octanol–water partition coefficient (Wildman–Crippen LogP) is 0.721. The van der Waals surface area contributed by atoms with Crippen molar-refractivity contribution in [3.8, 4) is 11.5 Å². The smallest absolute Gasteiger partial charge is 0.322 e. The van der Waals surface area contributed by atoms with Crippen molar-refractivity contribution in [1.29, 1.82) is 0 Å². The van der Waals surface area contributed by atoms with Crippen molar-refractivity contribution in [2.75, 3.05) is 65.1 Å². The number of anilines is 1. The number of nitrogens with one attached hydrogen (secondary N) is 1. The van der Waals surface area contributed by atoms with Crippen LogP contribution < -0.4 is 14.8 Å². The Labute approximate surface area is 204 Å². The highest BCUT2D eigenvalue weighted by molar-refractivity contribution is 5.90. The standard InChI is InChI=1S/C24H34N4O7/c1-26-6-8-27(9-7-26)23(30)11-18-3-4-19-22(35-18)14-32-13-17(29)12-28(19)24(31)25-16-2-5-20-21(10-16)34-15-33-20/h2,5,10,17-19,22,29H,3-4,6-9,11-15H2,1H3,(H,25,31)/t17-,18+,19+,22-/m1/s1. The molecule has 4 aliphatic rings. The van der Waals surface area contributed by atoms with Gasteiger partial charge in [-0.2, -0.15) is 0 Å². The molecule has 3 fully saturated rings. The first-order valence-corrected chi connectivity index (χ1v) is 12.3. The van der Waals surface area contributed by atoms with Gasteiger partial charge in [-0.1, -0.05) is 0 Å². The van der Waals surface area contributed by atoms with Gasteiger partial charge in [0.1, 0.15) is 6.10 Å². The fourth-order valence-corrected chi connectivity index (χ4v) is 5.12. The molecule has 0 aliphatic carbocycles. The summed E-state index contributed by atoms with van der Waals surface area (Å²) in [7, 11) is 2.06. The molecule has 11 heteroatoms. The van der Waals surface area contributed by atoms with Crippen LogP contribution in [0.2, 0.25) is 0 Å². The molecule has 0 radical (unpaired) electrons. The van der Waals surface area contributed by atoms with Crippen molar-refractivity contribution < 1.29 is 33.6 Å². The average molecular weight is 491 g/mol. The Kier molecular flexibility index (Phi) is 7.28. The number of aliphatic hydroxyl groups excluding tert-OH is 1. The van der Waals surface area contributed by atoms with Crippen LogP contribution in [0.4, 0.5) is 10.5 Å². The molecule has 4 heterocycles. The Bertz CT molecular complexity index is 923. The van der Waals surface area contributed by atoms with Crippen LogP contribution in [0.25, 0.3) is 0 Å². The summed E-state index contributed by atoms with van der Waals surface area (Å²) >= 11 is 0. The molecule has 0 bridgehead atoms. The zero-order valence-corrected chi connectivity index (χ0v) is 20.1. The number of amides is 3. The fraction of sp³-hybridized carbons (Fsp3) is 0.667. The molecular formula is C24H34N4O7. The lowest BCUT2D eigenvalue weighted by molar-refractivity contribution is -0.155. The third-order valence-electron chi connectivity index (χ3n) is 7.12. The summed E-state index contributed by atoms with van der Waals surface area (Å²) in [5.74, 6) is 1.33. The molecular weight excluding hydrogens is 456 g/mol. The van der Waals surface area contributed by atoms with Crippen molar-refractivity contribution in [2.24, 2.45) is 0 Å². The van der Waals surface area contributed by atoms with E-state index in [4.69, 9.17) is 18.9 Å². The number of fused-ring (bicyclic) bond motifs is 2. The van der Waals surface area contributed by atoms with Gasteiger partial charge in [-0.05, 0) is 32.0 Å². The van der Waals surface area contributed by atoms with Gasteiger partial charge in [0.25, 0.3) is 0 Å². The highest BCUT2D eigenvalue weighted by Gasteiger charge is 2.40. The van der Waals surface area contributed by atoms with Gasteiger partial charge in [0.2, 0.25) is 12.7 Å². The van der Waals surface area contributed by atoms with Crippen LogP contribution in [-0.2, 0) is 14.3 Å². The number of ether oxygens (including phenoxy) is 4. The Balaban J connectivity index is 1.23. The molecule has 4 aliphatic heterocycles. The van der Waals surface area contributed by atoms with Crippen LogP contribution in [0.3, 0.4) is 0 Å². The summed E-state index contributed by atoms with van der Waals surface area (Å²) in [6.07, 6.45) is 0.272. The number of carbonyl (C=O) groups is 2. The second-order valence-corrected chi connectivity index (χ2v) is 9.67. The van der Waals surface area contributed by atoms with Gasteiger partial charge in [-0.15, -0.1) is 0 Å². The number of carbonyl (C=O) groups excluding carboxylic acids is 2. The molecule has 0 saturated carbocycles. The number of aliphatic hydroxyl groups is 1. The number of urea groups is 1. The third-order valence-corrected chi connectivity index (χ3v) is 7.12. The number of rotatable bonds is 3. The maximum absolute atomic E-state index is 13.3. The van der Waals surface area contributed by atoms with E-state index in [1.165, 1.54) is 0 Å². The first kappa shape index (κ1) is 24.1. The second-order valence-electron chi connectivity index (χ2n) is 9.67. The lowest BCUT2D eigenvalue weighted by atomic mass is 9.94. The zero-order valence-electron chi connectivity index (χ0n) is 20.1. The molecule has 35 heavy (non-hydrogen) atoms. The summed E-state index contributed by atoms with van der Waals surface area (Å²) in [5, 5.41) is 13.3. The topological polar surface area (TPSA) is 113 Å². The molecule has 1 aromatic rings. The van der Waals surface area contributed by atoms with Crippen molar-refractivity contribution in [2.45, 2.75) is 43.6 Å². The monoisotopic (exact) mass is 490 g/mol. The quantitative estimate of drug-likeness (QED) is 0.638. The lowest BCUT2D eigenvalue weighted by Gasteiger charge is -2.44. The van der Waals surface area contributed by atoms with Crippen molar-refractivity contribution in [3.63, 3.8) is 0 Å². The molecule has 0 spiro atoms. The highest BCUT2D eigenvalue weighted by atomic mass is 16.7. The Morgan fingerprint density at radius 1 is 1.09 bits per heavy atom. The Morgan fingerprint density at radius 2 is 1.89 bits per heavy atom. The largest absolute Gasteiger partial charge is 0.454 e. The van der Waals surface area contributed by atoms with E-state index < -0.39 is 6.10 Å². The Hall–Kier alpha value is -2.60. The molecule has 192 valence electrons. The van der Waals surface area contributed by atoms with Gasteiger partial charge in [-0.25, -0.2) is 4.79 Å². The minimum atomic E-state index is -0.796. The number of hydrogen-bond donors (Lipinski definition) is 2. The molecule has 0 aromatic heterocycles. The van der Waals surface area contributed by atoms with Crippen LogP contribution in [0.1, 0.15) is 19.3 Å². The second kappa shape index (κ2) is 10.6. The first-order chi connectivity index (χ1) is 17.0. The van der Waals surface area contributed by atoms with Crippen molar-refractivity contribution in [1.82, 2.24) is 14.7 Å². The molecule has 3 amide bonds. The van der Waals surface area contributed by atoms with Gasteiger partial charge < -0.3 is 44.1 Å². The van der Waals surface area contributed by atoms with Crippen LogP contribution in [0, 0.1) is 0 Å². The van der Waals surface area contributed by atoms with Crippen LogP contribution in [-0.4, -0.2) is 116 Å². The predicted molar refractivity (Wildman–Crippen MR) is 125 cm³/mol.